The van der Waals surface area contributed by atoms with Crippen LogP contribution in [-0.2, 0) is 9.84 Å². The van der Waals surface area contributed by atoms with Gasteiger partial charge in [0, 0.05) is 0 Å². The Bertz CT molecular complexity index is 624. The van der Waals surface area contributed by atoms with Crippen LogP contribution in [0.15, 0.2) is 52.3 Å². The van der Waals surface area contributed by atoms with Gasteiger partial charge in [0.05, 0.1) is 9.79 Å². The second-order valence-electron chi connectivity index (χ2n) is 3.26. The molecule has 1 aromatic carbocycles. The van der Waals surface area contributed by atoms with Crippen molar-refractivity contribution in [3.8, 4) is 0 Å². The lowest BCUT2D eigenvalue weighted by atomic mass is 10.4. The number of rotatable bonds is 2. The van der Waals surface area contributed by atoms with E-state index in [4.69, 9.17) is 11.6 Å². The topological polar surface area (TPSA) is 47.0 Å². The summed E-state index contributed by atoms with van der Waals surface area (Å²) in [6.07, 6.45) is 0. The Labute approximate surface area is 118 Å². The molecule has 0 unspecified atom stereocenters. The summed E-state index contributed by atoms with van der Waals surface area (Å²) in [5.41, 5.74) is 0. The first-order chi connectivity index (χ1) is 8.00. The van der Waals surface area contributed by atoms with Crippen LogP contribution in [0.25, 0.3) is 0 Å². The third-order valence-electron chi connectivity index (χ3n) is 2.10. The highest BCUT2D eigenvalue weighted by Crippen LogP contribution is 2.23. The van der Waals surface area contributed by atoms with Gasteiger partial charge in [-0.15, -0.1) is 0 Å². The third kappa shape index (κ3) is 2.78. The van der Waals surface area contributed by atoms with Crippen molar-refractivity contribution in [3.05, 3.63) is 51.3 Å². The number of aromatic nitrogens is 1. The van der Waals surface area contributed by atoms with Crippen molar-refractivity contribution in [3.63, 3.8) is 0 Å². The average Bonchev–Trinajstić information content (AvgIpc) is 2.29. The van der Waals surface area contributed by atoms with Gasteiger partial charge in [0.15, 0.2) is 0 Å². The maximum absolute atomic E-state index is 12.2. The maximum atomic E-state index is 12.2. The second kappa shape index (κ2) is 4.91. The van der Waals surface area contributed by atoms with Gasteiger partial charge in [0.25, 0.3) is 0 Å². The van der Waals surface area contributed by atoms with Crippen molar-refractivity contribution < 1.29 is 8.42 Å². The summed E-state index contributed by atoms with van der Waals surface area (Å²) >= 11 is 7.69. The molecule has 0 aliphatic heterocycles. The van der Waals surface area contributed by atoms with Crippen LogP contribution in [0.2, 0.25) is 5.15 Å². The Hall–Kier alpha value is -0.660. The van der Waals surface area contributed by atoms with Gasteiger partial charge in [-0.25, -0.2) is 13.4 Å². The number of hydrogen-bond acceptors (Lipinski definition) is 3. The SMILES string of the molecule is O=S(=O)(c1ccccc1)c1cc(Cl)nc(I)c1. The summed E-state index contributed by atoms with van der Waals surface area (Å²) in [7, 11) is -3.51. The van der Waals surface area contributed by atoms with Crippen molar-refractivity contribution in [1.82, 2.24) is 4.98 Å². The average molecular weight is 380 g/mol. The molecule has 3 nitrogen and oxygen atoms in total. The Morgan fingerprint density at radius 3 is 2.29 bits per heavy atom. The van der Waals surface area contributed by atoms with Crippen LogP contribution in [0.1, 0.15) is 0 Å². The molecule has 0 radical (unpaired) electrons. The van der Waals surface area contributed by atoms with Gasteiger partial charge in [-0.05, 0) is 46.9 Å². The van der Waals surface area contributed by atoms with Crippen LogP contribution >= 0.6 is 34.2 Å². The molecule has 0 aliphatic carbocycles. The zero-order valence-electron chi connectivity index (χ0n) is 8.47. The molecule has 0 aliphatic rings. The summed E-state index contributed by atoms with van der Waals surface area (Å²) in [6.45, 7) is 0. The predicted molar refractivity (Wildman–Crippen MR) is 73.9 cm³/mol. The summed E-state index contributed by atoms with van der Waals surface area (Å²) in [5, 5.41) is 0.173. The molecule has 0 atom stereocenters. The van der Waals surface area contributed by atoms with E-state index in [0.29, 0.717) is 3.70 Å². The lowest BCUT2D eigenvalue weighted by molar-refractivity contribution is 0.596. The normalized spacial score (nSPS) is 11.4. The molecular weight excluding hydrogens is 373 g/mol. The molecule has 0 amide bonds. The quantitative estimate of drug-likeness (QED) is 0.595. The van der Waals surface area contributed by atoms with Gasteiger partial charge in [0.1, 0.15) is 8.85 Å². The highest BCUT2D eigenvalue weighted by Gasteiger charge is 2.18. The van der Waals surface area contributed by atoms with E-state index in [1.165, 1.54) is 12.1 Å². The van der Waals surface area contributed by atoms with E-state index in [2.05, 4.69) is 4.98 Å². The van der Waals surface area contributed by atoms with E-state index in [0.717, 1.165) is 0 Å². The van der Waals surface area contributed by atoms with Crippen LogP contribution in [0.5, 0.6) is 0 Å². The monoisotopic (exact) mass is 379 g/mol. The van der Waals surface area contributed by atoms with E-state index in [-0.39, 0.29) is 14.9 Å². The number of hydrogen-bond donors (Lipinski definition) is 0. The van der Waals surface area contributed by atoms with Gasteiger partial charge in [0.2, 0.25) is 9.84 Å². The molecule has 2 aromatic rings. The summed E-state index contributed by atoms with van der Waals surface area (Å²) in [4.78, 5) is 4.34. The largest absolute Gasteiger partial charge is 0.230 e. The summed E-state index contributed by atoms with van der Waals surface area (Å²) in [6, 6.07) is 11.1. The molecule has 0 fully saturated rings. The van der Waals surface area contributed by atoms with E-state index >= 15 is 0 Å². The van der Waals surface area contributed by atoms with Gasteiger partial charge in [-0.2, -0.15) is 0 Å². The molecule has 17 heavy (non-hydrogen) atoms. The molecule has 0 bridgehead atoms. The molecule has 0 N–H and O–H groups in total. The molecule has 1 aromatic heterocycles. The van der Waals surface area contributed by atoms with Crippen molar-refractivity contribution in [2.24, 2.45) is 0 Å². The minimum Gasteiger partial charge on any atom is -0.230 e. The maximum Gasteiger partial charge on any atom is 0.206 e. The fourth-order valence-corrected chi connectivity index (χ4v) is 3.88. The molecular formula is C11H7ClINO2S. The van der Waals surface area contributed by atoms with Crippen molar-refractivity contribution >= 4 is 44.0 Å². The Kier molecular flexibility index (Phi) is 3.70. The number of sulfone groups is 1. The van der Waals surface area contributed by atoms with Gasteiger partial charge in [-0.3, -0.25) is 0 Å². The van der Waals surface area contributed by atoms with Gasteiger partial charge >= 0.3 is 0 Å². The van der Waals surface area contributed by atoms with E-state index < -0.39 is 9.84 Å². The molecule has 6 heteroatoms. The Balaban J connectivity index is 2.60. The Morgan fingerprint density at radius 2 is 1.71 bits per heavy atom. The number of pyridine rings is 1. The first-order valence-corrected chi connectivity index (χ1v) is 7.57. The van der Waals surface area contributed by atoms with Crippen LogP contribution in [0.4, 0.5) is 0 Å². The second-order valence-corrected chi connectivity index (χ2v) is 6.71. The van der Waals surface area contributed by atoms with Crippen LogP contribution < -0.4 is 0 Å². The number of halogens is 2. The fraction of sp³-hybridized carbons (Fsp3) is 0. The Morgan fingerprint density at radius 1 is 1.06 bits per heavy atom. The smallest absolute Gasteiger partial charge is 0.206 e. The minimum absolute atomic E-state index is 0.160. The number of benzene rings is 1. The van der Waals surface area contributed by atoms with Crippen molar-refractivity contribution in [1.29, 1.82) is 0 Å². The predicted octanol–water partition coefficient (Wildman–Crippen LogP) is 3.17. The molecule has 0 saturated heterocycles. The molecule has 0 saturated carbocycles. The van der Waals surface area contributed by atoms with E-state index in [1.807, 2.05) is 22.6 Å². The zero-order valence-corrected chi connectivity index (χ0v) is 12.2. The lowest BCUT2D eigenvalue weighted by Gasteiger charge is -2.05. The number of nitrogens with zero attached hydrogens (tertiary/aromatic N) is 1. The van der Waals surface area contributed by atoms with E-state index in [1.54, 1.807) is 30.3 Å². The van der Waals surface area contributed by atoms with Crippen LogP contribution in [-0.4, -0.2) is 13.4 Å². The molecule has 88 valence electrons. The van der Waals surface area contributed by atoms with E-state index in [9.17, 15) is 8.42 Å². The third-order valence-corrected chi connectivity index (χ3v) is 4.60. The van der Waals surface area contributed by atoms with Gasteiger partial charge < -0.3 is 0 Å². The lowest BCUT2D eigenvalue weighted by Crippen LogP contribution is -2.02. The first-order valence-electron chi connectivity index (χ1n) is 4.63. The van der Waals surface area contributed by atoms with Crippen LogP contribution in [0.3, 0.4) is 0 Å². The fourth-order valence-electron chi connectivity index (χ4n) is 1.33. The van der Waals surface area contributed by atoms with Crippen molar-refractivity contribution in [2.75, 3.05) is 0 Å². The molecule has 0 spiro atoms. The standard InChI is InChI=1S/C11H7ClINO2S/c12-10-6-9(7-11(13)14-10)17(15,16)8-4-2-1-3-5-8/h1-7H. The zero-order chi connectivity index (χ0) is 12.5. The van der Waals surface area contributed by atoms with Crippen LogP contribution in [0, 0.1) is 3.70 Å². The molecule has 2 rings (SSSR count). The molecule has 1 heterocycles. The summed E-state index contributed by atoms with van der Waals surface area (Å²) in [5.74, 6) is 0. The highest BCUT2D eigenvalue weighted by molar-refractivity contribution is 14.1. The van der Waals surface area contributed by atoms with Crippen molar-refractivity contribution in [2.45, 2.75) is 9.79 Å². The minimum atomic E-state index is -3.51. The first kappa shape index (κ1) is 12.8. The van der Waals surface area contributed by atoms with Gasteiger partial charge in [-0.1, -0.05) is 29.8 Å². The highest BCUT2D eigenvalue weighted by atomic mass is 127. The summed E-state index contributed by atoms with van der Waals surface area (Å²) < 4.78 is 25.0.